The fraction of sp³-hybridized carbons (Fsp3) is 0.571. The Kier molecular flexibility index (Phi) is 8.62. The van der Waals surface area contributed by atoms with Gasteiger partial charge in [0.05, 0.1) is 12.7 Å². The maximum absolute atomic E-state index is 13.3. The number of methoxy groups -OCH3 is 1. The van der Waals surface area contributed by atoms with Crippen molar-refractivity contribution in [1.82, 2.24) is 14.9 Å². The van der Waals surface area contributed by atoms with Gasteiger partial charge in [-0.05, 0) is 58.7 Å². The summed E-state index contributed by atoms with van der Waals surface area (Å²) < 4.78 is 38.3. The molecule has 2 rings (SSSR count). The Balaban J connectivity index is 2.21. The van der Waals surface area contributed by atoms with Crippen LogP contribution in [0.4, 0.5) is 4.79 Å². The number of hydrogen-bond donors (Lipinski definition) is 2. The molecule has 3 amide bonds. The fourth-order valence-corrected chi connectivity index (χ4v) is 5.24. The van der Waals surface area contributed by atoms with Gasteiger partial charge in [0.1, 0.15) is 10.6 Å². The molecular formula is C21H31N3O7S. The van der Waals surface area contributed by atoms with Crippen LogP contribution in [0.25, 0.3) is 0 Å². The first-order chi connectivity index (χ1) is 15.0. The number of carbonyl (C=O) groups excluding carboxylic acids is 3. The molecule has 1 heterocycles. The lowest BCUT2D eigenvalue weighted by Gasteiger charge is -2.32. The maximum atomic E-state index is 13.3. The molecule has 1 aromatic rings. The van der Waals surface area contributed by atoms with E-state index < -0.39 is 34.0 Å². The molecule has 1 aliphatic rings. The number of amides is 3. The average molecular weight is 470 g/mol. The topological polar surface area (TPSA) is 131 Å². The van der Waals surface area contributed by atoms with Crippen LogP contribution in [0.1, 0.15) is 57.3 Å². The number of benzene rings is 1. The quantitative estimate of drug-likeness (QED) is 0.584. The lowest BCUT2D eigenvalue weighted by Crippen LogP contribution is -2.46. The predicted octanol–water partition coefficient (Wildman–Crippen LogP) is 2.04. The van der Waals surface area contributed by atoms with Crippen LogP contribution >= 0.6 is 0 Å². The molecule has 10 nitrogen and oxygen atoms in total. The van der Waals surface area contributed by atoms with Crippen molar-refractivity contribution in [2.45, 2.75) is 70.0 Å². The summed E-state index contributed by atoms with van der Waals surface area (Å²) in [4.78, 5) is 36.2. The van der Waals surface area contributed by atoms with Crippen LogP contribution in [0.2, 0.25) is 0 Å². The van der Waals surface area contributed by atoms with Crippen LogP contribution < -0.4 is 15.4 Å². The normalized spacial score (nSPS) is 18.0. The average Bonchev–Trinajstić information content (AvgIpc) is 2.72. The van der Waals surface area contributed by atoms with Crippen LogP contribution in [0.3, 0.4) is 0 Å². The molecule has 0 aromatic heterocycles. The molecule has 1 aromatic carbocycles. The first-order valence-corrected chi connectivity index (χ1v) is 11.9. The molecule has 1 fully saturated rings. The van der Waals surface area contributed by atoms with Gasteiger partial charge in [-0.2, -0.15) is 4.31 Å². The second kappa shape index (κ2) is 10.8. The minimum absolute atomic E-state index is 0.0553. The summed E-state index contributed by atoms with van der Waals surface area (Å²) in [5.41, 5.74) is -0.0553. The fourth-order valence-electron chi connectivity index (χ4n) is 3.35. The number of sulfonamides is 1. The van der Waals surface area contributed by atoms with E-state index in [-0.39, 0.29) is 28.3 Å². The van der Waals surface area contributed by atoms with Crippen LogP contribution in [0.15, 0.2) is 23.1 Å². The molecule has 2 N–H and O–H groups in total. The third-order valence-corrected chi connectivity index (χ3v) is 7.07. The van der Waals surface area contributed by atoms with E-state index in [2.05, 4.69) is 10.6 Å². The number of piperidine rings is 1. The zero-order valence-corrected chi connectivity index (χ0v) is 19.8. The van der Waals surface area contributed by atoms with Crippen molar-refractivity contribution in [2.75, 3.05) is 13.7 Å². The second-order valence-electron chi connectivity index (χ2n) is 7.99. The summed E-state index contributed by atoms with van der Waals surface area (Å²) in [6, 6.07) is 2.86. The minimum atomic E-state index is -3.91. The van der Waals surface area contributed by atoms with Gasteiger partial charge in [-0.1, -0.05) is 6.42 Å². The van der Waals surface area contributed by atoms with Gasteiger partial charge < -0.3 is 14.8 Å². The van der Waals surface area contributed by atoms with Crippen molar-refractivity contribution < 1.29 is 32.3 Å². The van der Waals surface area contributed by atoms with E-state index in [0.29, 0.717) is 6.54 Å². The third-order valence-electron chi connectivity index (χ3n) is 5.04. The van der Waals surface area contributed by atoms with Crippen molar-refractivity contribution >= 4 is 27.9 Å². The first kappa shape index (κ1) is 25.6. The second-order valence-corrected chi connectivity index (χ2v) is 9.85. The number of imide groups is 1. The van der Waals surface area contributed by atoms with Crippen molar-refractivity contribution in [3.05, 3.63) is 23.8 Å². The van der Waals surface area contributed by atoms with E-state index in [1.807, 2.05) is 6.92 Å². The summed E-state index contributed by atoms with van der Waals surface area (Å²) >= 11 is 0. The molecule has 11 heteroatoms. The molecule has 0 bridgehead atoms. The zero-order chi connectivity index (χ0) is 24.1. The monoisotopic (exact) mass is 469 g/mol. The van der Waals surface area contributed by atoms with Gasteiger partial charge in [-0.3, -0.25) is 10.1 Å². The van der Waals surface area contributed by atoms with Crippen molar-refractivity contribution in [1.29, 1.82) is 0 Å². The smallest absolute Gasteiger partial charge is 0.338 e. The number of carbonyl (C=O) groups is 3. The van der Waals surface area contributed by atoms with Gasteiger partial charge >= 0.3 is 12.0 Å². The van der Waals surface area contributed by atoms with Crippen molar-refractivity contribution in [3.8, 4) is 5.75 Å². The summed E-state index contributed by atoms with van der Waals surface area (Å²) in [5.74, 6) is -1.60. The van der Waals surface area contributed by atoms with Crippen LogP contribution in [-0.2, 0) is 19.6 Å². The minimum Gasteiger partial charge on any atom is -0.495 e. The van der Waals surface area contributed by atoms with Crippen LogP contribution in [0.5, 0.6) is 5.75 Å². The highest BCUT2D eigenvalue weighted by Crippen LogP contribution is 2.31. The van der Waals surface area contributed by atoms with Crippen molar-refractivity contribution in [2.24, 2.45) is 0 Å². The van der Waals surface area contributed by atoms with E-state index in [9.17, 15) is 22.8 Å². The summed E-state index contributed by atoms with van der Waals surface area (Å²) in [5, 5.41) is 4.57. The zero-order valence-electron chi connectivity index (χ0n) is 19.0. The van der Waals surface area contributed by atoms with Gasteiger partial charge in [0.15, 0.2) is 6.10 Å². The van der Waals surface area contributed by atoms with Crippen LogP contribution in [0, 0.1) is 0 Å². The lowest BCUT2D eigenvalue weighted by molar-refractivity contribution is -0.127. The Morgan fingerprint density at radius 3 is 2.44 bits per heavy atom. The molecule has 2 atom stereocenters. The highest BCUT2D eigenvalue weighted by molar-refractivity contribution is 7.89. The number of nitrogens with zero attached hydrogens (tertiary/aromatic N) is 1. The van der Waals surface area contributed by atoms with Gasteiger partial charge in [0.2, 0.25) is 10.0 Å². The number of nitrogens with one attached hydrogen (secondary N) is 2. The molecule has 0 aliphatic carbocycles. The van der Waals surface area contributed by atoms with Gasteiger partial charge in [0, 0.05) is 18.6 Å². The summed E-state index contributed by atoms with van der Waals surface area (Å²) in [7, 11) is -2.57. The predicted molar refractivity (Wildman–Crippen MR) is 117 cm³/mol. The van der Waals surface area contributed by atoms with E-state index in [0.717, 1.165) is 19.3 Å². The highest BCUT2D eigenvalue weighted by Gasteiger charge is 2.34. The lowest BCUT2D eigenvalue weighted by atomic mass is 10.1. The summed E-state index contributed by atoms with van der Waals surface area (Å²) in [6.07, 6.45) is 1.18. The van der Waals surface area contributed by atoms with E-state index in [4.69, 9.17) is 9.47 Å². The molecular weight excluding hydrogens is 438 g/mol. The molecule has 0 spiro atoms. The molecule has 1 saturated heterocycles. The van der Waals surface area contributed by atoms with E-state index in [1.54, 1.807) is 13.8 Å². The number of hydrogen-bond acceptors (Lipinski definition) is 7. The van der Waals surface area contributed by atoms with E-state index in [1.165, 1.54) is 36.5 Å². The van der Waals surface area contributed by atoms with Gasteiger partial charge in [-0.25, -0.2) is 18.0 Å². The Morgan fingerprint density at radius 2 is 1.84 bits per heavy atom. The number of esters is 1. The molecule has 0 unspecified atom stereocenters. The molecule has 0 saturated carbocycles. The largest absolute Gasteiger partial charge is 0.495 e. The maximum Gasteiger partial charge on any atom is 0.338 e. The standard InChI is InChI=1S/C21H31N3O7S/c1-13(2)22-21(27)23-19(25)15(4)31-20(26)16-9-10-17(30-5)18(12-16)32(28,29)24-11-7-6-8-14(24)3/h9-10,12-15H,6-8,11H2,1-5H3,(H2,22,23,25,27)/t14-,15-/m1/s1. The number of rotatable bonds is 7. The molecule has 32 heavy (non-hydrogen) atoms. The Bertz CT molecular complexity index is 962. The SMILES string of the molecule is COc1ccc(C(=O)O[C@H](C)C(=O)NC(=O)NC(C)C)cc1S(=O)(=O)N1CCCC[C@H]1C. The Labute approximate surface area is 188 Å². The highest BCUT2D eigenvalue weighted by atomic mass is 32.2. The third kappa shape index (κ3) is 6.19. The van der Waals surface area contributed by atoms with Crippen LogP contribution in [-0.4, -0.2) is 62.5 Å². The van der Waals surface area contributed by atoms with Crippen molar-refractivity contribution in [3.63, 3.8) is 0 Å². The Morgan fingerprint density at radius 1 is 1.16 bits per heavy atom. The van der Waals surface area contributed by atoms with Gasteiger partial charge in [0.25, 0.3) is 5.91 Å². The van der Waals surface area contributed by atoms with Gasteiger partial charge in [-0.15, -0.1) is 0 Å². The first-order valence-electron chi connectivity index (χ1n) is 10.5. The molecule has 178 valence electrons. The Hall–Kier alpha value is -2.66. The molecule has 1 aliphatic heterocycles. The number of urea groups is 1. The summed E-state index contributed by atoms with van der Waals surface area (Å²) in [6.45, 7) is 7.00. The molecule has 0 radical (unpaired) electrons. The number of ether oxygens (including phenoxy) is 2. The van der Waals surface area contributed by atoms with E-state index >= 15 is 0 Å².